The van der Waals surface area contributed by atoms with Crippen LogP contribution in [0.15, 0.2) is 53.3 Å². The van der Waals surface area contributed by atoms with E-state index < -0.39 is 0 Å². The summed E-state index contributed by atoms with van der Waals surface area (Å²) in [6.45, 7) is 6.56. The summed E-state index contributed by atoms with van der Waals surface area (Å²) < 4.78 is 1.87. The van der Waals surface area contributed by atoms with Crippen molar-refractivity contribution in [1.82, 2.24) is 35.1 Å². The van der Waals surface area contributed by atoms with Gasteiger partial charge in [-0.1, -0.05) is 86.9 Å². The summed E-state index contributed by atoms with van der Waals surface area (Å²) in [5, 5.41) is 14.5. The van der Waals surface area contributed by atoms with Gasteiger partial charge in [-0.15, -0.1) is 10.2 Å². The smallest absolute Gasteiger partial charge is 0.257 e. The highest BCUT2D eigenvalue weighted by Gasteiger charge is 2.19. The van der Waals surface area contributed by atoms with Crippen molar-refractivity contribution in [3.8, 4) is 22.5 Å². The minimum absolute atomic E-state index is 0.0299. The van der Waals surface area contributed by atoms with Crippen LogP contribution in [0.5, 0.6) is 0 Å². The fraction of sp³-hybridized carbons (Fsp3) is 0.419. The number of nitrogens with one attached hydrogen (secondary N) is 1. The van der Waals surface area contributed by atoms with Gasteiger partial charge in [0.1, 0.15) is 5.82 Å². The van der Waals surface area contributed by atoms with Gasteiger partial charge in [0.25, 0.3) is 5.56 Å². The van der Waals surface area contributed by atoms with E-state index in [2.05, 4.69) is 62.8 Å². The summed E-state index contributed by atoms with van der Waals surface area (Å²) in [5.41, 5.74) is 5.59. The van der Waals surface area contributed by atoms with Crippen molar-refractivity contribution in [3.05, 3.63) is 81.5 Å². The fourth-order valence-electron chi connectivity index (χ4n) is 5.41. The molecular formula is C31H37N7OS. The molecule has 9 heteroatoms. The molecule has 40 heavy (non-hydrogen) atoms. The zero-order valence-corrected chi connectivity index (χ0v) is 24.2. The molecule has 2 aromatic heterocycles. The molecule has 0 atom stereocenters. The van der Waals surface area contributed by atoms with Gasteiger partial charge < -0.3 is 4.90 Å². The van der Waals surface area contributed by atoms with Crippen LogP contribution in [-0.2, 0) is 19.4 Å². The maximum atomic E-state index is 14.0. The number of aromatic amines is 1. The van der Waals surface area contributed by atoms with Gasteiger partial charge in [0.05, 0.1) is 11.5 Å². The van der Waals surface area contributed by atoms with Gasteiger partial charge in [0, 0.05) is 42.8 Å². The largest absolute Gasteiger partial charge is 0.366 e. The third-order valence-electron chi connectivity index (χ3n) is 7.71. The summed E-state index contributed by atoms with van der Waals surface area (Å²) in [7, 11) is 0. The van der Waals surface area contributed by atoms with Crippen molar-refractivity contribution in [3.63, 3.8) is 0 Å². The van der Waals surface area contributed by atoms with Gasteiger partial charge in [-0.3, -0.25) is 9.36 Å². The van der Waals surface area contributed by atoms with Crippen LogP contribution in [0.3, 0.4) is 0 Å². The number of aryl methyl sites for hydroxylation is 2. The molecule has 4 aromatic rings. The second-order valence-electron chi connectivity index (χ2n) is 10.5. The summed E-state index contributed by atoms with van der Waals surface area (Å²) in [4.78, 5) is 22.1. The number of hydrogen-bond acceptors (Lipinski definition) is 6. The van der Waals surface area contributed by atoms with E-state index in [0.29, 0.717) is 18.8 Å². The zero-order valence-electron chi connectivity index (χ0n) is 23.4. The molecule has 0 amide bonds. The Labute approximate surface area is 240 Å². The number of thiocarbonyl (C=S) groups is 1. The molecule has 1 aliphatic heterocycles. The summed E-state index contributed by atoms with van der Waals surface area (Å²) in [6.07, 6.45) is 8.11. The number of aromatic nitrogens is 6. The van der Waals surface area contributed by atoms with E-state index in [1.807, 2.05) is 29.7 Å². The Kier molecular flexibility index (Phi) is 9.11. The summed E-state index contributed by atoms with van der Waals surface area (Å²) in [6, 6.07) is 16.3. The van der Waals surface area contributed by atoms with E-state index in [9.17, 15) is 4.79 Å². The molecule has 8 nitrogen and oxygen atoms in total. The van der Waals surface area contributed by atoms with Crippen LogP contribution in [0.4, 0.5) is 0 Å². The molecule has 1 fully saturated rings. The first-order chi connectivity index (χ1) is 19.5. The van der Waals surface area contributed by atoms with Gasteiger partial charge >= 0.3 is 0 Å². The predicted molar refractivity (Wildman–Crippen MR) is 162 cm³/mol. The minimum atomic E-state index is 0.0299. The van der Waals surface area contributed by atoms with Crippen molar-refractivity contribution in [2.75, 3.05) is 13.1 Å². The summed E-state index contributed by atoms with van der Waals surface area (Å²) >= 11 is 5.85. The Balaban J connectivity index is 1.43. The third kappa shape index (κ3) is 6.36. The lowest BCUT2D eigenvalue weighted by atomic mass is 9.98. The second kappa shape index (κ2) is 13.1. The van der Waals surface area contributed by atoms with Crippen LogP contribution in [0.2, 0.25) is 0 Å². The maximum absolute atomic E-state index is 14.0. The van der Waals surface area contributed by atoms with Crippen molar-refractivity contribution >= 4 is 17.2 Å². The molecule has 1 aliphatic rings. The van der Waals surface area contributed by atoms with Crippen molar-refractivity contribution in [1.29, 1.82) is 0 Å². The fourth-order valence-corrected chi connectivity index (χ4v) is 5.74. The van der Waals surface area contributed by atoms with Gasteiger partial charge in [-0.05, 0) is 48.1 Å². The van der Waals surface area contributed by atoms with E-state index in [0.717, 1.165) is 89.5 Å². The van der Waals surface area contributed by atoms with E-state index >= 15 is 0 Å². The van der Waals surface area contributed by atoms with E-state index in [-0.39, 0.29) is 5.56 Å². The first kappa shape index (κ1) is 27.8. The molecule has 0 aliphatic carbocycles. The Morgan fingerprint density at radius 3 is 2.40 bits per heavy atom. The van der Waals surface area contributed by atoms with E-state index in [4.69, 9.17) is 17.2 Å². The third-order valence-corrected chi connectivity index (χ3v) is 8.11. The number of H-pyrrole nitrogens is 1. The lowest BCUT2D eigenvalue weighted by Gasteiger charge is -2.24. The number of unbranched alkanes of at least 4 members (excludes halogenated alkanes) is 1. The van der Waals surface area contributed by atoms with Crippen molar-refractivity contribution in [2.24, 2.45) is 0 Å². The van der Waals surface area contributed by atoms with Crippen LogP contribution in [-0.4, -0.2) is 53.2 Å². The lowest BCUT2D eigenvalue weighted by Crippen LogP contribution is -2.36. The van der Waals surface area contributed by atoms with Crippen molar-refractivity contribution in [2.45, 2.75) is 71.8 Å². The average molecular weight is 556 g/mol. The highest BCUT2D eigenvalue weighted by molar-refractivity contribution is 7.80. The Morgan fingerprint density at radius 2 is 1.73 bits per heavy atom. The molecular weight excluding hydrogens is 518 g/mol. The van der Waals surface area contributed by atoms with Gasteiger partial charge in [-0.25, -0.2) is 4.98 Å². The standard InChI is InChI=1S/C31H37N7OS/c1-3-4-13-28-32-22(2)27(20-29(40)37-18-9-5-6-10-19-37)31(39)38(28)21-23-14-16-24(17-15-23)25-11-7-8-12-26(25)30-33-35-36-34-30/h7-8,11-12,14-17H,3-6,9-10,13,18-21H2,1-2H3,(H,33,34,35,36). The molecule has 0 bridgehead atoms. The minimum Gasteiger partial charge on any atom is -0.366 e. The topological polar surface area (TPSA) is 92.6 Å². The van der Waals surface area contributed by atoms with Crippen LogP contribution < -0.4 is 5.56 Å². The predicted octanol–water partition coefficient (Wildman–Crippen LogP) is 5.54. The SMILES string of the molecule is CCCCc1nc(C)c(CC(=S)N2CCCCCC2)c(=O)n1Cc1ccc(-c2ccccc2-c2nn[nH]n2)cc1. The number of hydrogen-bond donors (Lipinski definition) is 1. The second-order valence-corrected chi connectivity index (χ2v) is 11.0. The van der Waals surface area contributed by atoms with Crippen LogP contribution in [0.25, 0.3) is 22.5 Å². The maximum Gasteiger partial charge on any atom is 0.257 e. The first-order valence-electron chi connectivity index (χ1n) is 14.3. The Hall–Kier alpha value is -3.72. The number of benzene rings is 2. The highest BCUT2D eigenvalue weighted by Crippen LogP contribution is 2.30. The highest BCUT2D eigenvalue weighted by atomic mass is 32.1. The number of nitrogens with zero attached hydrogens (tertiary/aromatic N) is 6. The lowest BCUT2D eigenvalue weighted by molar-refractivity contribution is 0.436. The first-order valence-corrected chi connectivity index (χ1v) is 14.7. The Bertz CT molecular complexity index is 1490. The molecule has 2 aromatic carbocycles. The number of likely N-dealkylation sites (tertiary alicyclic amines) is 1. The number of rotatable bonds is 9. The quantitative estimate of drug-likeness (QED) is 0.271. The van der Waals surface area contributed by atoms with Gasteiger partial charge in [-0.2, -0.15) is 5.21 Å². The molecule has 0 unspecified atom stereocenters. The molecule has 1 saturated heterocycles. The van der Waals surface area contributed by atoms with Crippen LogP contribution in [0, 0.1) is 6.92 Å². The van der Waals surface area contributed by atoms with Gasteiger partial charge in [0.15, 0.2) is 0 Å². The van der Waals surface area contributed by atoms with E-state index in [1.165, 1.54) is 12.8 Å². The normalized spacial score (nSPS) is 13.8. The molecule has 5 rings (SSSR count). The molecule has 0 spiro atoms. The van der Waals surface area contributed by atoms with Crippen molar-refractivity contribution < 1.29 is 0 Å². The summed E-state index contributed by atoms with van der Waals surface area (Å²) in [5.74, 6) is 1.41. The van der Waals surface area contributed by atoms with Gasteiger partial charge in [0.2, 0.25) is 5.82 Å². The zero-order chi connectivity index (χ0) is 27.9. The van der Waals surface area contributed by atoms with Crippen LogP contribution in [0.1, 0.15) is 68.1 Å². The average Bonchev–Trinajstić information content (AvgIpc) is 3.38. The number of tetrazole rings is 1. The molecule has 208 valence electrons. The Morgan fingerprint density at radius 1 is 1.00 bits per heavy atom. The molecule has 0 saturated carbocycles. The molecule has 3 heterocycles. The monoisotopic (exact) mass is 555 g/mol. The molecule has 1 N–H and O–H groups in total. The molecule has 0 radical (unpaired) electrons. The van der Waals surface area contributed by atoms with E-state index in [1.54, 1.807) is 0 Å². The van der Waals surface area contributed by atoms with Crippen LogP contribution >= 0.6 is 12.2 Å².